The van der Waals surface area contributed by atoms with Gasteiger partial charge in [-0.2, -0.15) is 0 Å². The summed E-state index contributed by atoms with van der Waals surface area (Å²) in [6.07, 6.45) is 2.79. The van der Waals surface area contributed by atoms with Crippen LogP contribution >= 0.6 is 35.3 Å². The Balaban J connectivity index is 0.00000450. The Labute approximate surface area is 198 Å². The molecule has 0 bridgehead atoms. The molecule has 0 aliphatic carbocycles. The smallest absolute Gasteiger partial charge is 0.241 e. The number of nitrogens with one attached hydrogen (secondary N) is 2. The third kappa shape index (κ3) is 8.53. The molecule has 9 nitrogen and oxygen atoms in total. The molecular weight excluding hydrogens is 539 g/mol. The molecule has 1 heterocycles. The molecule has 0 aliphatic heterocycles. The van der Waals surface area contributed by atoms with E-state index in [-0.39, 0.29) is 41.3 Å². The van der Waals surface area contributed by atoms with Gasteiger partial charge in [0, 0.05) is 25.2 Å². The Hall–Kier alpha value is -1.77. The maximum Gasteiger partial charge on any atom is 0.241 e. The minimum atomic E-state index is -3.73. The number of rotatable bonds is 8. The number of thiazole rings is 1. The lowest BCUT2D eigenvalue weighted by molar-refractivity contribution is -0.127. The maximum absolute atomic E-state index is 11.9. The summed E-state index contributed by atoms with van der Waals surface area (Å²) in [6, 6.07) is 6.19. The molecule has 0 saturated heterocycles. The SMILES string of the molecule is CCc1cnc(CNC(=NCc2ccc(S(N)(=O)=O)cc2)NCC(=O)N(C)C)s1.I. The normalized spacial score (nSPS) is 11.5. The van der Waals surface area contributed by atoms with Gasteiger partial charge in [0.25, 0.3) is 0 Å². The molecule has 0 atom stereocenters. The summed E-state index contributed by atoms with van der Waals surface area (Å²) < 4.78 is 22.7. The molecule has 1 amide bonds. The molecule has 12 heteroatoms. The molecular formula is C18H27IN6O3S2. The zero-order valence-corrected chi connectivity index (χ0v) is 21.0. The Morgan fingerprint density at radius 3 is 2.43 bits per heavy atom. The fourth-order valence-electron chi connectivity index (χ4n) is 2.20. The van der Waals surface area contributed by atoms with Gasteiger partial charge in [0.05, 0.1) is 24.5 Å². The van der Waals surface area contributed by atoms with Crippen molar-refractivity contribution < 1.29 is 13.2 Å². The lowest BCUT2D eigenvalue weighted by Crippen LogP contribution is -2.42. The maximum atomic E-state index is 11.9. The van der Waals surface area contributed by atoms with Gasteiger partial charge in [0.2, 0.25) is 15.9 Å². The summed E-state index contributed by atoms with van der Waals surface area (Å²) >= 11 is 1.62. The highest BCUT2D eigenvalue weighted by Gasteiger charge is 2.09. The van der Waals surface area contributed by atoms with Gasteiger partial charge in [-0.05, 0) is 24.1 Å². The van der Waals surface area contributed by atoms with Crippen LogP contribution in [-0.4, -0.2) is 50.8 Å². The molecule has 30 heavy (non-hydrogen) atoms. The number of halogens is 1. The monoisotopic (exact) mass is 566 g/mol. The number of nitrogens with zero attached hydrogens (tertiary/aromatic N) is 3. The lowest BCUT2D eigenvalue weighted by Gasteiger charge is -2.14. The molecule has 4 N–H and O–H groups in total. The number of sulfonamides is 1. The summed E-state index contributed by atoms with van der Waals surface area (Å²) in [5.41, 5.74) is 0.806. The van der Waals surface area contributed by atoms with Gasteiger partial charge < -0.3 is 15.5 Å². The van der Waals surface area contributed by atoms with Crippen LogP contribution in [0.3, 0.4) is 0 Å². The van der Waals surface area contributed by atoms with E-state index in [0.29, 0.717) is 19.0 Å². The molecule has 2 rings (SSSR count). The van der Waals surface area contributed by atoms with Crippen LogP contribution in [0.5, 0.6) is 0 Å². The minimum Gasteiger partial charge on any atom is -0.350 e. The van der Waals surface area contributed by atoms with Crippen LogP contribution in [0.1, 0.15) is 22.4 Å². The fraction of sp³-hybridized carbons (Fsp3) is 0.389. The van der Waals surface area contributed by atoms with Gasteiger partial charge >= 0.3 is 0 Å². The topological polar surface area (TPSA) is 130 Å². The van der Waals surface area contributed by atoms with Crippen molar-refractivity contribution in [1.29, 1.82) is 0 Å². The molecule has 0 aliphatic rings. The summed E-state index contributed by atoms with van der Waals surface area (Å²) in [6.45, 7) is 2.96. The molecule has 0 unspecified atom stereocenters. The van der Waals surface area contributed by atoms with Crippen molar-refractivity contribution in [3.8, 4) is 0 Å². The number of amides is 1. The van der Waals surface area contributed by atoms with Gasteiger partial charge in [0.1, 0.15) is 5.01 Å². The third-order valence-electron chi connectivity index (χ3n) is 3.93. The van der Waals surface area contributed by atoms with Crippen LogP contribution in [0.25, 0.3) is 0 Å². The van der Waals surface area contributed by atoms with Crippen molar-refractivity contribution in [1.82, 2.24) is 20.5 Å². The molecule has 1 aromatic carbocycles. The summed E-state index contributed by atoms with van der Waals surface area (Å²) in [5, 5.41) is 12.2. The number of likely N-dealkylation sites (N-methyl/N-ethyl adjacent to an activating group) is 1. The van der Waals surface area contributed by atoms with Crippen molar-refractivity contribution in [2.24, 2.45) is 10.1 Å². The molecule has 0 radical (unpaired) electrons. The number of carbonyl (C=O) groups excluding carboxylic acids is 1. The van der Waals surface area contributed by atoms with E-state index in [1.807, 2.05) is 6.20 Å². The van der Waals surface area contributed by atoms with Crippen molar-refractivity contribution in [2.45, 2.75) is 31.3 Å². The van der Waals surface area contributed by atoms with Crippen LogP contribution in [0.2, 0.25) is 0 Å². The number of aromatic nitrogens is 1. The Bertz CT molecular complexity index is 959. The van der Waals surface area contributed by atoms with Crippen LogP contribution in [0, 0.1) is 0 Å². The average Bonchev–Trinajstić information content (AvgIpc) is 3.14. The van der Waals surface area contributed by atoms with E-state index in [2.05, 4.69) is 27.5 Å². The largest absolute Gasteiger partial charge is 0.350 e. The molecule has 0 saturated carbocycles. The van der Waals surface area contributed by atoms with Gasteiger partial charge in [-0.3, -0.25) is 4.79 Å². The van der Waals surface area contributed by atoms with Crippen molar-refractivity contribution in [2.75, 3.05) is 20.6 Å². The second-order valence-electron chi connectivity index (χ2n) is 6.42. The second kappa shape index (κ2) is 12.2. The summed E-state index contributed by atoms with van der Waals surface area (Å²) in [4.78, 5) is 23.5. The highest BCUT2D eigenvalue weighted by molar-refractivity contribution is 14.0. The highest BCUT2D eigenvalue weighted by atomic mass is 127. The third-order valence-corrected chi connectivity index (χ3v) is 6.01. The van der Waals surface area contributed by atoms with E-state index in [0.717, 1.165) is 17.0 Å². The van der Waals surface area contributed by atoms with Crippen molar-refractivity contribution >= 4 is 57.2 Å². The highest BCUT2D eigenvalue weighted by Crippen LogP contribution is 2.13. The van der Waals surface area contributed by atoms with Gasteiger partial charge in [-0.1, -0.05) is 19.1 Å². The van der Waals surface area contributed by atoms with Crippen LogP contribution in [-0.2, 0) is 34.3 Å². The van der Waals surface area contributed by atoms with E-state index >= 15 is 0 Å². The molecule has 2 aromatic rings. The lowest BCUT2D eigenvalue weighted by atomic mass is 10.2. The number of aryl methyl sites for hydroxylation is 1. The number of primary sulfonamides is 1. The zero-order valence-electron chi connectivity index (χ0n) is 17.1. The minimum absolute atomic E-state index is 0. The van der Waals surface area contributed by atoms with Gasteiger partial charge in [-0.25, -0.2) is 23.5 Å². The van der Waals surface area contributed by atoms with Crippen LogP contribution in [0.4, 0.5) is 0 Å². The first kappa shape index (κ1) is 26.3. The second-order valence-corrected chi connectivity index (χ2v) is 9.18. The first-order valence-electron chi connectivity index (χ1n) is 8.96. The first-order valence-corrected chi connectivity index (χ1v) is 11.3. The number of hydrogen-bond donors (Lipinski definition) is 3. The molecule has 1 aromatic heterocycles. The quantitative estimate of drug-likeness (QED) is 0.251. The standard InChI is InChI=1S/C18H26N6O3S2.HI/c1-4-14-10-20-16(28-14)11-22-18(23-12-17(25)24(2)3)21-9-13-5-7-15(8-6-13)29(19,26)27;/h5-8,10H,4,9,11-12H2,1-3H3,(H2,19,26,27)(H2,21,22,23);1H. The Morgan fingerprint density at radius 2 is 1.90 bits per heavy atom. The predicted octanol–water partition coefficient (Wildman–Crippen LogP) is 1.29. The summed E-state index contributed by atoms with van der Waals surface area (Å²) in [7, 11) is -0.358. The van der Waals surface area contributed by atoms with E-state index in [9.17, 15) is 13.2 Å². The van der Waals surface area contributed by atoms with Crippen molar-refractivity contribution in [3.63, 3.8) is 0 Å². The number of guanidine groups is 1. The number of carbonyl (C=O) groups is 1. The van der Waals surface area contributed by atoms with Gasteiger partial charge in [0.15, 0.2) is 5.96 Å². The van der Waals surface area contributed by atoms with E-state index in [4.69, 9.17) is 5.14 Å². The first-order chi connectivity index (χ1) is 13.7. The number of aliphatic imine (C=N–C) groups is 1. The predicted molar refractivity (Wildman–Crippen MR) is 129 cm³/mol. The average molecular weight is 566 g/mol. The van der Waals surface area contributed by atoms with Crippen LogP contribution in [0.15, 0.2) is 40.4 Å². The number of nitrogens with two attached hydrogens (primary N) is 1. The summed E-state index contributed by atoms with van der Waals surface area (Å²) in [5.74, 6) is 0.378. The fourth-order valence-corrected chi connectivity index (χ4v) is 3.52. The number of hydrogen-bond acceptors (Lipinski definition) is 6. The Kier molecular flexibility index (Phi) is 10.7. The molecule has 0 fully saturated rings. The van der Waals surface area contributed by atoms with Crippen LogP contribution < -0.4 is 15.8 Å². The van der Waals surface area contributed by atoms with E-state index in [1.54, 1.807) is 37.6 Å². The van der Waals surface area contributed by atoms with E-state index in [1.165, 1.54) is 21.9 Å². The molecule has 166 valence electrons. The van der Waals surface area contributed by atoms with E-state index < -0.39 is 10.0 Å². The Morgan fingerprint density at radius 1 is 1.23 bits per heavy atom. The van der Waals surface area contributed by atoms with Gasteiger partial charge in [-0.15, -0.1) is 35.3 Å². The zero-order chi connectivity index (χ0) is 21.4. The molecule has 0 spiro atoms. The van der Waals surface area contributed by atoms with Crippen molar-refractivity contribution in [3.05, 3.63) is 45.9 Å². The number of benzene rings is 1.